The van der Waals surface area contributed by atoms with E-state index in [0.29, 0.717) is 11.1 Å². The second kappa shape index (κ2) is 9.92. The zero-order valence-corrected chi connectivity index (χ0v) is 19.4. The van der Waals surface area contributed by atoms with E-state index in [1.807, 2.05) is 54.6 Å². The van der Waals surface area contributed by atoms with Crippen molar-refractivity contribution in [3.8, 4) is 11.4 Å². The third kappa shape index (κ3) is 5.19. The Morgan fingerprint density at radius 3 is 2.30 bits per heavy atom. The predicted octanol–water partition coefficient (Wildman–Crippen LogP) is 5.83. The summed E-state index contributed by atoms with van der Waals surface area (Å²) in [6.07, 6.45) is 8.34. The Labute approximate surface area is 200 Å². The maximum atomic E-state index is 12.5. The van der Waals surface area contributed by atoms with Crippen LogP contribution in [0.4, 0.5) is 5.82 Å². The number of hydrogen-bond acceptors (Lipinski definition) is 4. The molecule has 0 unspecified atom stereocenters. The van der Waals surface area contributed by atoms with Gasteiger partial charge in [-0.2, -0.15) is 0 Å². The highest BCUT2D eigenvalue weighted by Crippen LogP contribution is 2.31. The Bertz CT molecular complexity index is 1110. The molecule has 1 aromatic heterocycles. The largest absolute Gasteiger partial charge is 0.367 e. The molecule has 0 bridgehead atoms. The van der Waals surface area contributed by atoms with Crippen molar-refractivity contribution in [2.24, 2.45) is 0 Å². The molecular formula is C27H29ClN4O. The molecular weight excluding hydrogens is 432 g/mol. The van der Waals surface area contributed by atoms with Crippen LogP contribution in [0.25, 0.3) is 11.4 Å². The molecule has 5 rings (SSSR count). The molecule has 0 saturated heterocycles. The van der Waals surface area contributed by atoms with Gasteiger partial charge in [-0.3, -0.25) is 4.79 Å². The van der Waals surface area contributed by atoms with E-state index < -0.39 is 0 Å². The van der Waals surface area contributed by atoms with Gasteiger partial charge in [0.25, 0.3) is 5.91 Å². The Hall–Kier alpha value is -2.92. The number of anilines is 1. The Balaban J connectivity index is 1.27. The van der Waals surface area contributed by atoms with Crippen molar-refractivity contribution in [3.63, 3.8) is 0 Å². The molecule has 3 aromatic rings. The third-order valence-electron chi connectivity index (χ3n) is 6.72. The summed E-state index contributed by atoms with van der Waals surface area (Å²) >= 11 is 6.07. The summed E-state index contributed by atoms with van der Waals surface area (Å²) in [6.45, 7) is 0. The van der Waals surface area contributed by atoms with Crippen LogP contribution < -0.4 is 10.6 Å². The molecule has 170 valence electrons. The highest BCUT2D eigenvalue weighted by molar-refractivity contribution is 6.30. The number of hydrogen-bond donors (Lipinski definition) is 2. The first-order valence-electron chi connectivity index (χ1n) is 11.9. The average Bonchev–Trinajstić information content (AvgIpc) is 2.86. The van der Waals surface area contributed by atoms with E-state index in [1.165, 1.54) is 24.1 Å². The van der Waals surface area contributed by atoms with Gasteiger partial charge in [0.15, 0.2) is 5.82 Å². The van der Waals surface area contributed by atoms with Gasteiger partial charge in [-0.25, -0.2) is 9.97 Å². The van der Waals surface area contributed by atoms with Crippen LogP contribution in [-0.4, -0.2) is 28.0 Å². The number of fused-ring (bicyclic) bond motifs is 1. The van der Waals surface area contributed by atoms with Crippen LogP contribution in [0.2, 0.25) is 5.02 Å². The van der Waals surface area contributed by atoms with Crippen LogP contribution in [0.1, 0.15) is 60.1 Å². The molecule has 0 atom stereocenters. The second-order valence-electron chi connectivity index (χ2n) is 9.07. The lowest BCUT2D eigenvalue weighted by atomic mass is 9.90. The van der Waals surface area contributed by atoms with Gasteiger partial charge in [0.1, 0.15) is 5.82 Å². The van der Waals surface area contributed by atoms with E-state index in [9.17, 15) is 4.79 Å². The minimum atomic E-state index is 0.0180. The molecule has 1 fully saturated rings. The number of carbonyl (C=O) groups is 1. The number of benzene rings is 2. The van der Waals surface area contributed by atoms with Crippen molar-refractivity contribution in [2.75, 3.05) is 5.32 Å². The number of nitrogens with one attached hydrogen (secondary N) is 2. The second-order valence-corrected chi connectivity index (χ2v) is 9.50. The summed E-state index contributed by atoms with van der Waals surface area (Å²) < 4.78 is 0. The van der Waals surface area contributed by atoms with E-state index in [1.54, 1.807) is 0 Å². The molecule has 2 aliphatic carbocycles. The fraction of sp³-hybridized carbons (Fsp3) is 0.370. The van der Waals surface area contributed by atoms with Crippen molar-refractivity contribution in [1.29, 1.82) is 0 Å². The molecule has 0 aliphatic heterocycles. The monoisotopic (exact) mass is 460 g/mol. The summed E-state index contributed by atoms with van der Waals surface area (Å²) in [6, 6.07) is 17.8. The van der Waals surface area contributed by atoms with Crippen LogP contribution in [0.3, 0.4) is 0 Å². The number of rotatable bonds is 5. The summed E-state index contributed by atoms with van der Waals surface area (Å²) in [7, 11) is 0. The van der Waals surface area contributed by atoms with E-state index in [0.717, 1.165) is 61.3 Å². The highest BCUT2D eigenvalue weighted by atomic mass is 35.5. The Kier molecular flexibility index (Phi) is 6.58. The number of amides is 1. The van der Waals surface area contributed by atoms with Crippen LogP contribution in [0.15, 0.2) is 54.6 Å². The Morgan fingerprint density at radius 2 is 1.55 bits per heavy atom. The first-order valence-corrected chi connectivity index (χ1v) is 12.3. The highest BCUT2D eigenvalue weighted by Gasteiger charge is 2.25. The standard InChI is InChI=1S/C27H29ClN4O/c28-20-12-10-18(11-13-20)25-31-24-9-5-4-8-23(24)26(32-25)29-21-14-16-22(17-15-21)30-27(33)19-6-2-1-3-7-19/h1-3,6-7,10-13,21-22H,4-5,8-9,14-17H2,(H,30,33)(H,29,31,32). The SMILES string of the molecule is O=C(NC1CCC(Nc2nc(-c3ccc(Cl)cc3)nc3c2CCCC3)CC1)c1ccccc1. The van der Waals surface area contributed by atoms with Crippen molar-refractivity contribution in [3.05, 3.63) is 76.4 Å². The molecule has 1 heterocycles. The lowest BCUT2D eigenvalue weighted by molar-refractivity contribution is 0.0926. The molecule has 1 amide bonds. The van der Waals surface area contributed by atoms with Gasteiger partial charge in [-0.15, -0.1) is 0 Å². The van der Waals surface area contributed by atoms with Crippen LogP contribution in [0.5, 0.6) is 0 Å². The molecule has 6 heteroatoms. The van der Waals surface area contributed by atoms with Crippen molar-refractivity contribution in [2.45, 2.75) is 63.5 Å². The Morgan fingerprint density at radius 1 is 0.848 bits per heavy atom. The number of aryl methyl sites for hydroxylation is 1. The smallest absolute Gasteiger partial charge is 0.251 e. The summed E-state index contributed by atoms with van der Waals surface area (Å²) in [5.74, 6) is 1.77. The topological polar surface area (TPSA) is 66.9 Å². The number of aromatic nitrogens is 2. The first kappa shape index (κ1) is 21.9. The van der Waals surface area contributed by atoms with Crippen LogP contribution in [-0.2, 0) is 12.8 Å². The van der Waals surface area contributed by atoms with Crippen molar-refractivity contribution in [1.82, 2.24) is 15.3 Å². The number of halogens is 1. The van der Waals surface area contributed by atoms with E-state index in [-0.39, 0.29) is 11.9 Å². The van der Waals surface area contributed by atoms with Gasteiger partial charge in [0.05, 0.1) is 0 Å². The molecule has 0 spiro atoms. The maximum absolute atomic E-state index is 12.5. The van der Waals surface area contributed by atoms with Gasteiger partial charge in [-0.05, 0) is 87.8 Å². The normalized spacial score (nSPS) is 20.0. The van der Waals surface area contributed by atoms with Crippen LogP contribution >= 0.6 is 11.6 Å². The van der Waals surface area contributed by atoms with Crippen molar-refractivity contribution < 1.29 is 4.79 Å². The van der Waals surface area contributed by atoms with Gasteiger partial charge in [0, 0.05) is 39.5 Å². The molecule has 2 aliphatic rings. The van der Waals surface area contributed by atoms with E-state index in [4.69, 9.17) is 21.6 Å². The first-order chi connectivity index (χ1) is 16.2. The molecule has 33 heavy (non-hydrogen) atoms. The zero-order chi connectivity index (χ0) is 22.6. The average molecular weight is 461 g/mol. The minimum Gasteiger partial charge on any atom is -0.367 e. The van der Waals surface area contributed by atoms with E-state index >= 15 is 0 Å². The fourth-order valence-corrected chi connectivity index (χ4v) is 5.00. The van der Waals surface area contributed by atoms with E-state index in [2.05, 4.69) is 10.6 Å². The summed E-state index contributed by atoms with van der Waals surface area (Å²) in [5.41, 5.74) is 4.16. The summed E-state index contributed by atoms with van der Waals surface area (Å²) in [4.78, 5) is 22.3. The maximum Gasteiger partial charge on any atom is 0.251 e. The molecule has 1 saturated carbocycles. The van der Waals surface area contributed by atoms with Gasteiger partial charge in [-0.1, -0.05) is 29.8 Å². The quantitative estimate of drug-likeness (QED) is 0.502. The number of nitrogens with zero attached hydrogens (tertiary/aromatic N) is 2. The lowest BCUT2D eigenvalue weighted by Gasteiger charge is -2.31. The lowest BCUT2D eigenvalue weighted by Crippen LogP contribution is -2.40. The zero-order valence-electron chi connectivity index (χ0n) is 18.7. The van der Waals surface area contributed by atoms with Crippen LogP contribution in [0, 0.1) is 0 Å². The molecule has 0 radical (unpaired) electrons. The molecule has 5 nitrogen and oxygen atoms in total. The fourth-order valence-electron chi connectivity index (χ4n) is 4.88. The predicted molar refractivity (Wildman–Crippen MR) is 133 cm³/mol. The van der Waals surface area contributed by atoms with Gasteiger partial charge >= 0.3 is 0 Å². The van der Waals surface area contributed by atoms with Gasteiger partial charge in [0.2, 0.25) is 0 Å². The summed E-state index contributed by atoms with van der Waals surface area (Å²) in [5, 5.41) is 7.66. The molecule has 2 aromatic carbocycles. The number of carbonyl (C=O) groups excluding carboxylic acids is 1. The van der Waals surface area contributed by atoms with Gasteiger partial charge < -0.3 is 10.6 Å². The third-order valence-corrected chi connectivity index (χ3v) is 6.98. The molecule has 2 N–H and O–H groups in total. The van der Waals surface area contributed by atoms with Crippen molar-refractivity contribution >= 4 is 23.3 Å². The minimum absolute atomic E-state index is 0.0180.